The van der Waals surface area contributed by atoms with Crippen molar-refractivity contribution in [1.29, 1.82) is 0 Å². The second kappa shape index (κ2) is 31.5. The van der Waals surface area contributed by atoms with Crippen molar-refractivity contribution >= 4 is 63.8 Å². The lowest BCUT2D eigenvalue weighted by molar-refractivity contribution is 0.100. The minimum absolute atomic E-state index is 0.0258. The molecule has 480 valence electrons. The van der Waals surface area contributed by atoms with Crippen molar-refractivity contribution < 1.29 is 55.3 Å². The van der Waals surface area contributed by atoms with E-state index in [2.05, 4.69) is 29.9 Å². The highest BCUT2D eigenvalue weighted by molar-refractivity contribution is 6.32. The van der Waals surface area contributed by atoms with Gasteiger partial charge >= 0.3 is 0 Å². The van der Waals surface area contributed by atoms with E-state index in [9.17, 15) is 60.2 Å². The number of allylic oxidation sites excluding steroid dienone is 1. The van der Waals surface area contributed by atoms with Crippen molar-refractivity contribution in [2.75, 3.05) is 14.1 Å². The minimum Gasteiger partial charge on any atom is -0.506 e. The fourth-order valence-electron chi connectivity index (χ4n) is 8.18. The van der Waals surface area contributed by atoms with Gasteiger partial charge in [0.2, 0.25) is 5.78 Å². The standard InChI is InChI=1S/C23H21ClF2N4O3.C20H16ClF2N3O3.C14H13ClN2O3.C6H4ClF2N/c1-13-10-27-17(20(31)5-6-29(3)4)9-19(13)30-14(2)7-21(22(24)23(30)32)33-12-18-16(26)8-15(25)11-28-18;1-10-7-24-15(12(3)27)6-17(10)26-11(2)4-18(19(21)20(26)28)29-9-16-14(23)5-13(22)8-25-16;1-7-6-16-10(9(3)18)5-11(7)17-8(2)4-12(19)13(15)14(17)20;7-2-6-5(9)1-4(8)3-10-6/h5-11H,12H2,1-4H3;4-8H,9H2,1-3H3;4-6,19H,1-3H3;1,3H,2H2/b6-5+;;;. The predicted octanol–water partition coefficient (Wildman–Crippen LogP) is 12.5. The van der Waals surface area contributed by atoms with Gasteiger partial charge in [0, 0.05) is 112 Å². The third-order valence-electron chi connectivity index (χ3n) is 12.9. The Labute approximate surface area is 540 Å². The summed E-state index contributed by atoms with van der Waals surface area (Å²) in [6.45, 7) is 12.4. The van der Waals surface area contributed by atoms with Gasteiger partial charge < -0.3 is 19.5 Å². The first kappa shape index (κ1) is 71.5. The van der Waals surface area contributed by atoms with Crippen LogP contribution in [0.2, 0.25) is 15.1 Å². The first-order valence-electron chi connectivity index (χ1n) is 26.8. The van der Waals surface area contributed by atoms with E-state index in [4.69, 9.17) is 55.9 Å². The maximum absolute atomic E-state index is 13.8. The molecule has 0 radical (unpaired) electrons. The minimum atomic E-state index is -0.871. The first-order valence-corrected chi connectivity index (χ1v) is 28.5. The van der Waals surface area contributed by atoms with Crippen LogP contribution in [0, 0.1) is 76.4 Å². The fraction of sp³-hybridized carbons (Fsp3) is 0.206. The summed E-state index contributed by atoms with van der Waals surface area (Å²) in [5.74, 6) is -5.73. The predicted molar refractivity (Wildman–Crippen MR) is 332 cm³/mol. The zero-order valence-electron chi connectivity index (χ0n) is 50.4. The zero-order valence-corrected chi connectivity index (χ0v) is 53.4. The molecule has 9 heterocycles. The monoisotopic (exact) mass is 1350 g/mol. The Morgan fingerprint density at radius 2 is 0.837 bits per heavy atom. The van der Waals surface area contributed by atoms with E-state index >= 15 is 0 Å². The Bertz CT molecular complexity index is 4550. The summed E-state index contributed by atoms with van der Waals surface area (Å²) in [6.07, 6.45) is 10.2. The van der Waals surface area contributed by atoms with Crippen molar-refractivity contribution in [1.82, 2.24) is 48.5 Å². The quantitative estimate of drug-likeness (QED) is 0.0435. The van der Waals surface area contributed by atoms with Crippen LogP contribution in [-0.2, 0) is 19.1 Å². The van der Waals surface area contributed by atoms with E-state index in [1.54, 1.807) is 72.8 Å². The lowest BCUT2D eigenvalue weighted by Crippen LogP contribution is -2.23. The van der Waals surface area contributed by atoms with Crippen LogP contribution >= 0.6 is 46.4 Å². The number of carbonyl (C=O) groups excluding carboxylic acids is 3. The van der Waals surface area contributed by atoms with Gasteiger partial charge in [-0.1, -0.05) is 34.8 Å². The van der Waals surface area contributed by atoms with Crippen LogP contribution in [0.25, 0.3) is 17.1 Å². The van der Waals surface area contributed by atoms with Crippen LogP contribution < -0.4 is 26.2 Å². The average molecular weight is 1350 g/mol. The third-order valence-corrected chi connectivity index (χ3v) is 14.2. The van der Waals surface area contributed by atoms with Crippen molar-refractivity contribution in [2.24, 2.45) is 0 Å². The van der Waals surface area contributed by atoms with Crippen LogP contribution in [-0.4, -0.2) is 85.1 Å². The number of ketones is 3. The Morgan fingerprint density at radius 1 is 0.500 bits per heavy atom. The van der Waals surface area contributed by atoms with Gasteiger partial charge in [-0.3, -0.25) is 72.4 Å². The number of ether oxygens (including phenoxy) is 2. The van der Waals surface area contributed by atoms with E-state index in [0.29, 0.717) is 57.4 Å². The number of hydrogen-bond donors (Lipinski definition) is 1. The molecule has 0 spiro atoms. The lowest BCUT2D eigenvalue weighted by Gasteiger charge is -2.16. The van der Waals surface area contributed by atoms with E-state index in [1.807, 2.05) is 0 Å². The Morgan fingerprint density at radius 3 is 1.18 bits per heavy atom. The SMILES string of the molecule is CC(=O)c1cc(-n2c(C)cc(O)c(Cl)c2=O)c(C)cn1.CC(=O)c1cc(-n2c(C)cc(OCc3ncc(F)cc3F)c(Cl)c2=O)c(C)cn1.Cc1cnc(C(=O)/C=C/N(C)C)cc1-n1c(C)cc(OCc2ncc(F)cc2F)c(Cl)c1=O.Fc1cnc(CCl)c(F)c1. The van der Waals surface area contributed by atoms with Crippen LogP contribution in [0.1, 0.15) is 96.2 Å². The molecule has 9 rings (SSSR count). The third kappa shape index (κ3) is 17.7. The van der Waals surface area contributed by atoms with Crippen molar-refractivity contribution in [3.8, 4) is 34.3 Å². The first-order chi connectivity index (χ1) is 43.3. The molecule has 29 heteroatoms. The number of aromatic nitrogens is 9. The van der Waals surface area contributed by atoms with Gasteiger partial charge in [0.05, 0.1) is 47.2 Å². The maximum atomic E-state index is 13.8. The number of carbonyl (C=O) groups is 3. The van der Waals surface area contributed by atoms with E-state index < -0.39 is 51.6 Å². The second-order valence-corrected chi connectivity index (χ2v) is 21.5. The second-order valence-electron chi connectivity index (χ2n) is 20.1. The zero-order chi connectivity index (χ0) is 68.2. The largest absolute Gasteiger partial charge is 0.506 e. The van der Waals surface area contributed by atoms with E-state index in [-0.39, 0.29) is 103 Å². The Hall–Kier alpha value is -9.56. The summed E-state index contributed by atoms with van der Waals surface area (Å²) in [5.41, 5.74) is 3.69. The molecule has 1 N–H and O–H groups in total. The molecule has 0 saturated heterocycles. The molecule has 0 unspecified atom stereocenters. The van der Waals surface area contributed by atoms with Gasteiger partial charge in [-0.25, -0.2) is 26.3 Å². The average Bonchev–Trinajstić information content (AvgIpc) is 0.872. The van der Waals surface area contributed by atoms with E-state index in [1.165, 1.54) is 82.5 Å². The molecule has 92 heavy (non-hydrogen) atoms. The molecule has 0 atom stereocenters. The summed E-state index contributed by atoms with van der Waals surface area (Å²) in [4.78, 5) is 98.3. The van der Waals surface area contributed by atoms with Gasteiger partial charge in [0.1, 0.15) is 97.3 Å². The number of nitrogens with zero attached hydrogens (tertiary/aromatic N) is 10. The molecule has 0 amide bonds. The number of rotatable bonds is 15. The molecule has 9 aromatic heterocycles. The molecular formula is C63H54Cl4F6N10O9. The van der Waals surface area contributed by atoms with Crippen LogP contribution in [0.3, 0.4) is 0 Å². The fourth-order valence-corrected chi connectivity index (χ4v) is 8.90. The topological polar surface area (TPSA) is 236 Å². The Kier molecular flexibility index (Phi) is 24.4. The Balaban J connectivity index is 0.000000208. The van der Waals surface area contributed by atoms with Crippen molar-refractivity contribution in [3.63, 3.8) is 0 Å². The van der Waals surface area contributed by atoms with Gasteiger partial charge in [-0.2, -0.15) is 0 Å². The smallest absolute Gasteiger partial charge is 0.277 e. The molecule has 9 aromatic rings. The molecule has 0 fully saturated rings. The highest BCUT2D eigenvalue weighted by atomic mass is 35.5. The van der Waals surface area contributed by atoms with Crippen LogP contribution in [0.4, 0.5) is 26.3 Å². The van der Waals surface area contributed by atoms with Gasteiger partial charge in [0.25, 0.3) is 16.7 Å². The highest BCUT2D eigenvalue weighted by Crippen LogP contribution is 2.29. The summed E-state index contributed by atoms with van der Waals surface area (Å²) < 4.78 is 93.1. The van der Waals surface area contributed by atoms with E-state index in [0.717, 1.165) is 30.2 Å². The molecule has 0 aliphatic heterocycles. The van der Waals surface area contributed by atoms with Gasteiger partial charge in [0.15, 0.2) is 23.2 Å². The molecule has 19 nitrogen and oxygen atoms in total. The number of Topliss-reactive ketones (excluding diaryl/α,β-unsaturated/α-hetero) is 2. The summed E-state index contributed by atoms with van der Waals surface area (Å²) >= 11 is 23.5. The molecule has 0 bridgehead atoms. The van der Waals surface area contributed by atoms with Gasteiger partial charge in [-0.15, -0.1) is 11.6 Å². The van der Waals surface area contributed by atoms with Crippen LogP contribution in [0.5, 0.6) is 17.2 Å². The maximum Gasteiger partial charge on any atom is 0.277 e. The molecule has 0 aliphatic rings. The summed E-state index contributed by atoms with van der Waals surface area (Å²) in [7, 11) is 3.57. The molecule has 0 aliphatic carbocycles. The number of aryl methyl sites for hydroxylation is 6. The number of aromatic hydroxyl groups is 1. The highest BCUT2D eigenvalue weighted by Gasteiger charge is 2.21. The lowest BCUT2D eigenvalue weighted by atomic mass is 10.1. The number of pyridine rings is 9. The summed E-state index contributed by atoms with van der Waals surface area (Å²) in [6, 6.07) is 11.1. The molecule has 0 saturated carbocycles. The molecular weight excluding hydrogens is 1300 g/mol. The normalized spacial score (nSPS) is 10.8. The van der Waals surface area contributed by atoms with Crippen LogP contribution in [0.15, 0.2) is 118 Å². The number of hydrogen-bond acceptors (Lipinski definition) is 16. The van der Waals surface area contributed by atoms with Crippen molar-refractivity contribution in [3.05, 3.63) is 253 Å². The number of halogens is 10. The summed E-state index contributed by atoms with van der Waals surface area (Å²) in [5, 5.41) is 8.84. The molecule has 0 aromatic carbocycles. The number of alkyl halides is 1. The van der Waals surface area contributed by atoms with Crippen molar-refractivity contribution in [2.45, 2.75) is 74.5 Å². The van der Waals surface area contributed by atoms with Gasteiger partial charge in [-0.05, 0) is 76.4 Å².